The number of aromatic nitrogens is 4. The largest absolute Gasteiger partial charge is 0.338 e. The second-order valence-electron chi connectivity index (χ2n) is 5.82. The van der Waals surface area contributed by atoms with Gasteiger partial charge in [-0.15, -0.1) is 0 Å². The third kappa shape index (κ3) is 3.51. The number of nitrogens with one attached hydrogen (secondary N) is 1. The zero-order valence-electron chi connectivity index (χ0n) is 12.9. The van der Waals surface area contributed by atoms with Crippen LogP contribution in [0.2, 0.25) is 0 Å². The standard InChI is InChI=1S/C15H24N6/c1-19(7-3-4-15-17-6-8-20(15)2)12-13-10-14-11-16-5-9-21(14)18-13/h6,8,10,16H,3-5,7,9,11-12H2,1-2H3. The number of hydrogen-bond acceptors (Lipinski definition) is 4. The highest BCUT2D eigenvalue weighted by Crippen LogP contribution is 2.10. The molecule has 1 aliphatic rings. The highest BCUT2D eigenvalue weighted by Gasteiger charge is 2.12. The average molecular weight is 288 g/mol. The summed E-state index contributed by atoms with van der Waals surface area (Å²) in [5, 5.41) is 8.06. The summed E-state index contributed by atoms with van der Waals surface area (Å²) in [6.45, 7) is 4.93. The topological polar surface area (TPSA) is 50.9 Å². The van der Waals surface area contributed by atoms with Gasteiger partial charge in [-0.25, -0.2) is 4.98 Å². The highest BCUT2D eigenvalue weighted by atomic mass is 15.3. The maximum atomic E-state index is 4.68. The van der Waals surface area contributed by atoms with E-state index in [-0.39, 0.29) is 0 Å². The Morgan fingerprint density at radius 1 is 1.43 bits per heavy atom. The van der Waals surface area contributed by atoms with Crippen LogP contribution in [-0.4, -0.2) is 44.4 Å². The molecule has 0 aromatic carbocycles. The summed E-state index contributed by atoms with van der Waals surface area (Å²) in [4.78, 5) is 6.70. The molecule has 0 saturated heterocycles. The van der Waals surface area contributed by atoms with Gasteiger partial charge in [-0.3, -0.25) is 4.68 Å². The van der Waals surface area contributed by atoms with Crippen molar-refractivity contribution < 1.29 is 0 Å². The van der Waals surface area contributed by atoms with E-state index in [9.17, 15) is 0 Å². The van der Waals surface area contributed by atoms with Crippen molar-refractivity contribution in [1.29, 1.82) is 0 Å². The molecule has 2 aromatic heterocycles. The predicted octanol–water partition coefficient (Wildman–Crippen LogP) is 0.784. The van der Waals surface area contributed by atoms with Crippen LogP contribution in [0.1, 0.15) is 23.6 Å². The van der Waals surface area contributed by atoms with E-state index in [1.54, 1.807) is 0 Å². The van der Waals surface area contributed by atoms with E-state index < -0.39 is 0 Å². The maximum absolute atomic E-state index is 4.68. The Balaban J connectivity index is 1.46. The Kier molecular flexibility index (Phi) is 4.36. The molecule has 3 rings (SSSR count). The number of rotatable bonds is 6. The zero-order valence-corrected chi connectivity index (χ0v) is 12.9. The Morgan fingerprint density at radius 2 is 2.33 bits per heavy atom. The van der Waals surface area contributed by atoms with Crippen molar-refractivity contribution in [3.63, 3.8) is 0 Å². The first kappa shape index (κ1) is 14.3. The van der Waals surface area contributed by atoms with Gasteiger partial charge in [-0.2, -0.15) is 5.10 Å². The van der Waals surface area contributed by atoms with E-state index >= 15 is 0 Å². The van der Waals surface area contributed by atoms with Gasteiger partial charge < -0.3 is 14.8 Å². The van der Waals surface area contributed by atoms with Crippen LogP contribution >= 0.6 is 0 Å². The van der Waals surface area contributed by atoms with E-state index in [1.165, 1.54) is 11.4 Å². The third-order valence-electron chi connectivity index (χ3n) is 4.01. The maximum Gasteiger partial charge on any atom is 0.108 e. The van der Waals surface area contributed by atoms with Crippen molar-refractivity contribution in [3.8, 4) is 0 Å². The minimum Gasteiger partial charge on any atom is -0.338 e. The molecule has 1 aliphatic heterocycles. The van der Waals surface area contributed by atoms with Gasteiger partial charge in [0.2, 0.25) is 0 Å². The van der Waals surface area contributed by atoms with E-state index in [4.69, 9.17) is 0 Å². The smallest absolute Gasteiger partial charge is 0.108 e. The quantitative estimate of drug-likeness (QED) is 0.853. The fourth-order valence-electron chi connectivity index (χ4n) is 2.83. The summed E-state index contributed by atoms with van der Waals surface area (Å²) in [5.41, 5.74) is 2.48. The molecule has 0 fully saturated rings. The zero-order chi connectivity index (χ0) is 14.7. The number of nitrogens with zero attached hydrogens (tertiary/aromatic N) is 5. The molecule has 114 valence electrons. The highest BCUT2D eigenvalue weighted by molar-refractivity contribution is 5.11. The minimum atomic E-state index is 0.917. The van der Waals surface area contributed by atoms with Gasteiger partial charge in [-0.05, 0) is 26.1 Å². The van der Waals surface area contributed by atoms with Crippen molar-refractivity contribution in [2.45, 2.75) is 32.5 Å². The molecular formula is C15H24N6. The summed E-state index contributed by atoms with van der Waals surface area (Å²) in [5.74, 6) is 1.16. The molecule has 0 saturated carbocycles. The lowest BCUT2D eigenvalue weighted by Crippen LogP contribution is -2.28. The molecule has 0 spiro atoms. The Labute approximate surface area is 125 Å². The molecule has 0 aliphatic carbocycles. The molecule has 1 N–H and O–H groups in total. The SMILES string of the molecule is CN(CCCc1nccn1C)Cc1cc2n(n1)CCNC2. The van der Waals surface area contributed by atoms with Crippen LogP contribution in [0, 0.1) is 0 Å². The van der Waals surface area contributed by atoms with Crippen molar-refractivity contribution in [2.24, 2.45) is 7.05 Å². The van der Waals surface area contributed by atoms with Crippen molar-refractivity contribution in [1.82, 2.24) is 29.5 Å². The van der Waals surface area contributed by atoms with E-state index in [0.717, 1.165) is 51.4 Å². The monoisotopic (exact) mass is 288 g/mol. The van der Waals surface area contributed by atoms with Crippen molar-refractivity contribution in [2.75, 3.05) is 20.1 Å². The molecule has 0 radical (unpaired) electrons. The van der Waals surface area contributed by atoms with E-state index in [2.05, 4.69) is 49.7 Å². The van der Waals surface area contributed by atoms with Gasteiger partial charge in [0.25, 0.3) is 0 Å². The van der Waals surface area contributed by atoms with Gasteiger partial charge in [0, 0.05) is 45.5 Å². The van der Waals surface area contributed by atoms with Crippen LogP contribution in [-0.2, 0) is 33.1 Å². The van der Waals surface area contributed by atoms with Crippen LogP contribution < -0.4 is 5.32 Å². The summed E-state index contributed by atoms with van der Waals surface area (Å²) in [6, 6.07) is 2.22. The predicted molar refractivity (Wildman–Crippen MR) is 81.8 cm³/mol. The normalized spacial score (nSPS) is 14.6. The van der Waals surface area contributed by atoms with Crippen molar-refractivity contribution in [3.05, 3.63) is 35.7 Å². The average Bonchev–Trinajstić information content (AvgIpc) is 3.04. The van der Waals surface area contributed by atoms with Crippen LogP contribution in [0.4, 0.5) is 0 Å². The second kappa shape index (κ2) is 6.41. The minimum absolute atomic E-state index is 0.917. The lowest BCUT2D eigenvalue weighted by atomic mass is 10.2. The molecule has 0 atom stereocenters. The van der Waals surface area contributed by atoms with E-state index in [1.807, 2.05) is 12.4 Å². The number of imidazole rings is 1. The third-order valence-corrected chi connectivity index (χ3v) is 4.01. The molecule has 6 nitrogen and oxygen atoms in total. The molecule has 0 bridgehead atoms. The fourth-order valence-corrected chi connectivity index (χ4v) is 2.83. The first-order chi connectivity index (χ1) is 10.2. The lowest BCUT2D eigenvalue weighted by molar-refractivity contribution is 0.315. The Hall–Kier alpha value is -1.66. The van der Waals surface area contributed by atoms with Gasteiger partial charge in [0.05, 0.1) is 17.9 Å². The summed E-state index contributed by atoms with van der Waals surface area (Å²) in [7, 11) is 4.21. The molecule has 6 heteroatoms. The van der Waals surface area contributed by atoms with Crippen LogP contribution in [0.3, 0.4) is 0 Å². The Morgan fingerprint density at radius 3 is 3.10 bits per heavy atom. The summed E-state index contributed by atoms with van der Waals surface area (Å²) in [6.07, 6.45) is 6.01. The van der Waals surface area contributed by atoms with E-state index in [0.29, 0.717) is 0 Å². The van der Waals surface area contributed by atoms with Gasteiger partial charge in [-0.1, -0.05) is 0 Å². The second-order valence-corrected chi connectivity index (χ2v) is 5.82. The molecule has 21 heavy (non-hydrogen) atoms. The summed E-state index contributed by atoms with van der Waals surface area (Å²) >= 11 is 0. The molecule has 0 unspecified atom stereocenters. The Bertz CT molecular complexity index is 561. The molecule has 0 amide bonds. The first-order valence-corrected chi connectivity index (χ1v) is 7.63. The lowest BCUT2D eigenvalue weighted by Gasteiger charge is -2.15. The van der Waals surface area contributed by atoms with Crippen LogP contribution in [0.5, 0.6) is 0 Å². The van der Waals surface area contributed by atoms with Crippen molar-refractivity contribution >= 4 is 0 Å². The fraction of sp³-hybridized carbons (Fsp3) is 0.600. The first-order valence-electron chi connectivity index (χ1n) is 7.63. The molecule has 2 aromatic rings. The molecular weight excluding hydrogens is 264 g/mol. The molecule has 3 heterocycles. The van der Waals surface area contributed by atoms with Gasteiger partial charge >= 0.3 is 0 Å². The van der Waals surface area contributed by atoms with Crippen LogP contribution in [0.25, 0.3) is 0 Å². The van der Waals surface area contributed by atoms with Crippen LogP contribution in [0.15, 0.2) is 18.5 Å². The summed E-state index contributed by atoms with van der Waals surface area (Å²) < 4.78 is 4.23. The van der Waals surface area contributed by atoms with Gasteiger partial charge in [0.15, 0.2) is 0 Å². The number of fused-ring (bicyclic) bond motifs is 1. The van der Waals surface area contributed by atoms with Gasteiger partial charge in [0.1, 0.15) is 5.82 Å². The number of hydrogen-bond donors (Lipinski definition) is 1. The number of aryl methyl sites for hydroxylation is 2.